The first kappa shape index (κ1) is 15.9. The number of nitrogens with one attached hydrogen (secondary N) is 1. The topological polar surface area (TPSA) is 44.7 Å². The minimum atomic E-state index is -0.267. The first-order valence-corrected chi connectivity index (χ1v) is 7.49. The van der Waals surface area contributed by atoms with Crippen molar-refractivity contribution in [3.63, 3.8) is 0 Å². The minimum Gasteiger partial charge on any atom is -0.390 e. The first-order chi connectivity index (χ1) is 8.76. The monoisotopic (exact) mass is 258 g/mol. The van der Waals surface area contributed by atoms with Gasteiger partial charge in [0.15, 0.2) is 0 Å². The van der Waals surface area contributed by atoms with Crippen LogP contribution in [0.3, 0.4) is 0 Å². The quantitative estimate of drug-likeness (QED) is 0.611. The van der Waals surface area contributed by atoms with Crippen molar-refractivity contribution in [2.45, 2.75) is 51.7 Å². The van der Waals surface area contributed by atoms with E-state index in [1.807, 2.05) is 0 Å². The van der Waals surface area contributed by atoms with Crippen molar-refractivity contribution in [2.75, 3.05) is 39.3 Å². The molecule has 2 unspecified atom stereocenters. The third kappa shape index (κ3) is 6.69. The third-order valence-corrected chi connectivity index (χ3v) is 3.66. The number of aliphatic hydroxyl groups is 1. The maximum atomic E-state index is 9.88. The molecule has 1 fully saturated rings. The molecule has 4 heteroatoms. The average Bonchev–Trinajstić information content (AvgIpc) is 2.42. The molecule has 18 heavy (non-hydrogen) atoms. The predicted molar refractivity (Wildman–Crippen MR) is 74.9 cm³/mol. The Hall–Kier alpha value is -0.160. The fourth-order valence-corrected chi connectivity index (χ4v) is 2.41. The van der Waals surface area contributed by atoms with E-state index in [-0.39, 0.29) is 6.10 Å². The van der Waals surface area contributed by atoms with Crippen LogP contribution in [-0.2, 0) is 4.74 Å². The van der Waals surface area contributed by atoms with E-state index in [2.05, 4.69) is 24.1 Å². The third-order valence-electron chi connectivity index (χ3n) is 3.66. The summed E-state index contributed by atoms with van der Waals surface area (Å²) in [6.07, 6.45) is 4.95. The fraction of sp³-hybridized carbons (Fsp3) is 1.00. The molecule has 0 saturated carbocycles. The highest BCUT2D eigenvalue weighted by molar-refractivity contribution is 4.68. The lowest BCUT2D eigenvalue weighted by atomic mass is 10.1. The second-order valence-electron chi connectivity index (χ2n) is 5.12. The van der Waals surface area contributed by atoms with Gasteiger partial charge in [-0.1, -0.05) is 13.8 Å². The summed E-state index contributed by atoms with van der Waals surface area (Å²) in [5.41, 5.74) is 0. The van der Waals surface area contributed by atoms with Crippen LogP contribution in [0.2, 0.25) is 0 Å². The van der Waals surface area contributed by atoms with Crippen molar-refractivity contribution < 1.29 is 9.84 Å². The second kappa shape index (κ2) is 9.73. The van der Waals surface area contributed by atoms with Gasteiger partial charge in [0, 0.05) is 19.7 Å². The Bertz CT molecular complexity index is 192. The summed E-state index contributed by atoms with van der Waals surface area (Å²) in [4.78, 5) is 2.25. The van der Waals surface area contributed by atoms with Gasteiger partial charge < -0.3 is 20.1 Å². The highest BCUT2D eigenvalue weighted by Crippen LogP contribution is 2.14. The van der Waals surface area contributed by atoms with E-state index in [0.717, 1.165) is 39.2 Å². The summed E-state index contributed by atoms with van der Waals surface area (Å²) in [6, 6.07) is 0. The van der Waals surface area contributed by atoms with Crippen molar-refractivity contribution in [1.29, 1.82) is 0 Å². The molecule has 0 aromatic heterocycles. The van der Waals surface area contributed by atoms with Gasteiger partial charge in [0.2, 0.25) is 0 Å². The van der Waals surface area contributed by atoms with Gasteiger partial charge in [-0.15, -0.1) is 0 Å². The Kier molecular flexibility index (Phi) is 8.59. The molecule has 0 aromatic rings. The van der Waals surface area contributed by atoms with Crippen LogP contribution < -0.4 is 5.32 Å². The Morgan fingerprint density at radius 2 is 2.11 bits per heavy atom. The van der Waals surface area contributed by atoms with Crippen LogP contribution in [-0.4, -0.2) is 61.5 Å². The van der Waals surface area contributed by atoms with Crippen molar-refractivity contribution in [1.82, 2.24) is 10.2 Å². The van der Waals surface area contributed by atoms with E-state index in [0.29, 0.717) is 12.6 Å². The van der Waals surface area contributed by atoms with E-state index in [1.54, 1.807) is 0 Å². The SMILES string of the molecule is CCN(CC)CC(O)CNCCC1CCCCO1. The molecule has 1 aliphatic rings. The van der Waals surface area contributed by atoms with Gasteiger partial charge in [-0.25, -0.2) is 0 Å². The molecule has 1 heterocycles. The lowest BCUT2D eigenvalue weighted by Gasteiger charge is -2.24. The van der Waals surface area contributed by atoms with E-state index in [4.69, 9.17) is 4.74 Å². The standard InChI is InChI=1S/C14H30N2O2/c1-3-16(4-2)12-13(17)11-15-9-8-14-7-5-6-10-18-14/h13-15,17H,3-12H2,1-2H3. The molecule has 108 valence electrons. The molecule has 1 rings (SSSR count). The molecule has 2 atom stereocenters. The number of hydrogen-bond acceptors (Lipinski definition) is 4. The highest BCUT2D eigenvalue weighted by Gasteiger charge is 2.13. The summed E-state index contributed by atoms with van der Waals surface area (Å²) < 4.78 is 5.67. The van der Waals surface area contributed by atoms with E-state index in [1.165, 1.54) is 19.3 Å². The van der Waals surface area contributed by atoms with Crippen LogP contribution in [0, 0.1) is 0 Å². The van der Waals surface area contributed by atoms with Crippen LogP contribution >= 0.6 is 0 Å². The van der Waals surface area contributed by atoms with Gasteiger partial charge in [0.1, 0.15) is 0 Å². The van der Waals surface area contributed by atoms with Gasteiger partial charge in [-0.05, 0) is 45.3 Å². The van der Waals surface area contributed by atoms with E-state index < -0.39 is 0 Å². The molecular weight excluding hydrogens is 228 g/mol. The zero-order valence-corrected chi connectivity index (χ0v) is 12.0. The Balaban J connectivity index is 1.99. The summed E-state index contributed by atoms with van der Waals surface area (Å²) in [7, 11) is 0. The average molecular weight is 258 g/mol. The van der Waals surface area contributed by atoms with Crippen molar-refractivity contribution in [3.05, 3.63) is 0 Å². The summed E-state index contributed by atoms with van der Waals surface area (Å²) in [5, 5.41) is 13.2. The summed E-state index contributed by atoms with van der Waals surface area (Å²) in [5.74, 6) is 0. The largest absolute Gasteiger partial charge is 0.390 e. The van der Waals surface area contributed by atoms with Gasteiger partial charge >= 0.3 is 0 Å². The van der Waals surface area contributed by atoms with Crippen LogP contribution in [0.15, 0.2) is 0 Å². The van der Waals surface area contributed by atoms with Crippen LogP contribution in [0.25, 0.3) is 0 Å². The molecule has 0 radical (unpaired) electrons. The number of aliphatic hydroxyl groups excluding tert-OH is 1. The lowest BCUT2D eigenvalue weighted by Crippen LogP contribution is -2.39. The minimum absolute atomic E-state index is 0.267. The first-order valence-electron chi connectivity index (χ1n) is 7.49. The molecular formula is C14H30N2O2. The van der Waals surface area contributed by atoms with E-state index in [9.17, 15) is 5.11 Å². The Labute approximate surface area is 112 Å². The molecule has 0 spiro atoms. The fourth-order valence-electron chi connectivity index (χ4n) is 2.41. The van der Waals surface area contributed by atoms with Gasteiger partial charge in [0.05, 0.1) is 12.2 Å². The zero-order chi connectivity index (χ0) is 13.2. The number of likely N-dealkylation sites (N-methyl/N-ethyl adjacent to an activating group) is 1. The molecule has 1 aliphatic heterocycles. The lowest BCUT2D eigenvalue weighted by molar-refractivity contribution is 0.0109. The Morgan fingerprint density at radius 3 is 2.72 bits per heavy atom. The van der Waals surface area contributed by atoms with Crippen molar-refractivity contribution in [2.24, 2.45) is 0 Å². The van der Waals surface area contributed by atoms with Crippen molar-refractivity contribution in [3.8, 4) is 0 Å². The number of nitrogens with zero attached hydrogens (tertiary/aromatic N) is 1. The molecule has 2 N–H and O–H groups in total. The smallest absolute Gasteiger partial charge is 0.0791 e. The molecule has 0 amide bonds. The zero-order valence-electron chi connectivity index (χ0n) is 12.0. The maximum absolute atomic E-state index is 9.88. The van der Waals surface area contributed by atoms with Gasteiger partial charge in [-0.3, -0.25) is 0 Å². The molecule has 4 nitrogen and oxygen atoms in total. The molecule has 1 saturated heterocycles. The van der Waals surface area contributed by atoms with Gasteiger partial charge in [-0.2, -0.15) is 0 Å². The van der Waals surface area contributed by atoms with E-state index >= 15 is 0 Å². The van der Waals surface area contributed by atoms with Crippen LogP contribution in [0.4, 0.5) is 0 Å². The molecule has 0 bridgehead atoms. The van der Waals surface area contributed by atoms with Crippen molar-refractivity contribution >= 4 is 0 Å². The molecule has 0 aromatic carbocycles. The van der Waals surface area contributed by atoms with Gasteiger partial charge in [0.25, 0.3) is 0 Å². The number of ether oxygens (including phenoxy) is 1. The number of hydrogen-bond donors (Lipinski definition) is 2. The maximum Gasteiger partial charge on any atom is 0.0791 e. The van der Waals surface area contributed by atoms with Crippen LogP contribution in [0.1, 0.15) is 39.5 Å². The highest BCUT2D eigenvalue weighted by atomic mass is 16.5. The summed E-state index contributed by atoms with van der Waals surface area (Å²) in [6.45, 7) is 9.58. The second-order valence-corrected chi connectivity index (χ2v) is 5.12. The molecule has 0 aliphatic carbocycles. The predicted octanol–water partition coefficient (Wildman–Crippen LogP) is 1.24. The number of rotatable bonds is 9. The Morgan fingerprint density at radius 1 is 1.33 bits per heavy atom. The van der Waals surface area contributed by atoms with Crippen LogP contribution in [0.5, 0.6) is 0 Å². The normalized spacial score (nSPS) is 22.3. The summed E-state index contributed by atoms with van der Waals surface area (Å²) >= 11 is 0.